The fourth-order valence-electron chi connectivity index (χ4n) is 1.76. The van der Waals surface area contributed by atoms with E-state index in [1.54, 1.807) is 0 Å². The van der Waals surface area contributed by atoms with E-state index in [2.05, 4.69) is 49.2 Å². The van der Waals surface area contributed by atoms with Crippen molar-refractivity contribution in [1.29, 1.82) is 0 Å². The first-order valence-corrected chi connectivity index (χ1v) is 6.35. The zero-order chi connectivity index (χ0) is 12.3. The second kappa shape index (κ2) is 8.97. The largest absolute Gasteiger partial charge is 0.380 e. The van der Waals surface area contributed by atoms with Gasteiger partial charge >= 0.3 is 0 Å². The minimum atomic E-state index is 0.430. The van der Waals surface area contributed by atoms with Crippen LogP contribution < -0.4 is 5.32 Å². The molecule has 0 aliphatic heterocycles. The quantitative estimate of drug-likeness (QED) is 0.522. The van der Waals surface area contributed by atoms with Crippen molar-refractivity contribution in [2.24, 2.45) is 0 Å². The highest BCUT2D eigenvalue weighted by atomic mass is 16.5. The molecule has 94 valence electrons. The van der Waals surface area contributed by atoms with Gasteiger partial charge in [-0.05, 0) is 18.4 Å². The van der Waals surface area contributed by atoms with Gasteiger partial charge in [0.15, 0.2) is 0 Å². The summed E-state index contributed by atoms with van der Waals surface area (Å²) in [5.41, 5.74) is 1.35. The minimum Gasteiger partial charge on any atom is -0.380 e. The van der Waals surface area contributed by atoms with Crippen LogP contribution >= 0.6 is 0 Å². The van der Waals surface area contributed by atoms with Crippen molar-refractivity contribution < 1.29 is 4.74 Å². The second-order valence-corrected chi connectivity index (χ2v) is 4.02. The maximum atomic E-state index is 5.47. The van der Waals surface area contributed by atoms with Gasteiger partial charge in [-0.1, -0.05) is 43.3 Å². The first kappa shape index (κ1) is 13.9. The lowest BCUT2D eigenvalue weighted by atomic mass is 10.1. The summed E-state index contributed by atoms with van der Waals surface area (Å²) in [6.07, 6.45) is 3.90. The van der Waals surface area contributed by atoms with E-state index >= 15 is 0 Å². The fourth-order valence-corrected chi connectivity index (χ4v) is 1.76. The van der Waals surface area contributed by atoms with Crippen LogP contribution in [0.15, 0.2) is 43.0 Å². The molecule has 2 heteroatoms. The summed E-state index contributed by atoms with van der Waals surface area (Å²) in [6, 6.07) is 11.0. The first-order valence-electron chi connectivity index (χ1n) is 6.35. The highest BCUT2D eigenvalue weighted by Crippen LogP contribution is 2.15. The van der Waals surface area contributed by atoms with Gasteiger partial charge in [0.25, 0.3) is 0 Å². The molecule has 0 aromatic heterocycles. The van der Waals surface area contributed by atoms with Gasteiger partial charge in [-0.25, -0.2) is 0 Å². The fraction of sp³-hybridized carbons (Fsp3) is 0.467. The van der Waals surface area contributed by atoms with E-state index in [0.717, 1.165) is 32.6 Å². The Morgan fingerprint density at radius 2 is 2.06 bits per heavy atom. The summed E-state index contributed by atoms with van der Waals surface area (Å²) >= 11 is 0. The predicted molar refractivity (Wildman–Crippen MR) is 73.1 cm³/mol. The van der Waals surface area contributed by atoms with Crippen LogP contribution in [0.1, 0.15) is 31.4 Å². The van der Waals surface area contributed by atoms with Crippen molar-refractivity contribution in [2.45, 2.75) is 25.8 Å². The molecule has 0 spiro atoms. The van der Waals surface area contributed by atoms with Crippen LogP contribution in [0.4, 0.5) is 0 Å². The average Bonchev–Trinajstić information content (AvgIpc) is 2.39. The molecule has 0 fully saturated rings. The first-order chi connectivity index (χ1) is 8.38. The second-order valence-electron chi connectivity index (χ2n) is 4.02. The van der Waals surface area contributed by atoms with Gasteiger partial charge in [0.1, 0.15) is 0 Å². The lowest BCUT2D eigenvalue weighted by Crippen LogP contribution is -2.25. The highest BCUT2D eigenvalue weighted by Gasteiger charge is 2.06. The van der Waals surface area contributed by atoms with Gasteiger partial charge in [-0.2, -0.15) is 0 Å². The topological polar surface area (TPSA) is 21.3 Å². The summed E-state index contributed by atoms with van der Waals surface area (Å²) < 4.78 is 5.47. The molecule has 0 radical (unpaired) electrons. The van der Waals surface area contributed by atoms with Gasteiger partial charge in [0.05, 0.1) is 13.2 Å². The Hall–Kier alpha value is -1.12. The Labute approximate surface area is 105 Å². The molecule has 1 aromatic rings. The normalized spacial score (nSPS) is 12.3. The molecule has 0 heterocycles. The van der Waals surface area contributed by atoms with Crippen LogP contribution in [0.3, 0.4) is 0 Å². The number of hydrogen-bond donors (Lipinski definition) is 1. The summed E-state index contributed by atoms with van der Waals surface area (Å²) in [5.74, 6) is 0. The number of nitrogens with one attached hydrogen (secondary N) is 1. The molecule has 0 aliphatic rings. The van der Waals surface area contributed by atoms with E-state index < -0.39 is 0 Å². The maximum absolute atomic E-state index is 5.47. The summed E-state index contributed by atoms with van der Waals surface area (Å²) in [6.45, 7) is 8.29. The zero-order valence-electron chi connectivity index (χ0n) is 10.7. The Morgan fingerprint density at radius 3 is 2.71 bits per heavy atom. The van der Waals surface area contributed by atoms with E-state index in [1.165, 1.54) is 5.56 Å². The van der Waals surface area contributed by atoms with E-state index in [4.69, 9.17) is 4.74 Å². The molecule has 0 aliphatic carbocycles. The molecule has 2 nitrogen and oxygen atoms in total. The Morgan fingerprint density at radius 1 is 1.29 bits per heavy atom. The van der Waals surface area contributed by atoms with Crippen molar-refractivity contribution in [3.8, 4) is 0 Å². The summed E-state index contributed by atoms with van der Waals surface area (Å²) in [7, 11) is 0. The molecule has 1 rings (SSSR count). The van der Waals surface area contributed by atoms with Gasteiger partial charge in [-0.15, -0.1) is 6.58 Å². The van der Waals surface area contributed by atoms with Gasteiger partial charge in [-0.3, -0.25) is 0 Å². The third-order valence-electron chi connectivity index (χ3n) is 2.71. The van der Waals surface area contributed by atoms with Crippen LogP contribution in [-0.4, -0.2) is 19.8 Å². The van der Waals surface area contributed by atoms with Crippen LogP contribution in [0.5, 0.6) is 0 Å². The molecular weight excluding hydrogens is 210 g/mol. The van der Waals surface area contributed by atoms with E-state index in [9.17, 15) is 0 Å². The third-order valence-corrected chi connectivity index (χ3v) is 2.71. The van der Waals surface area contributed by atoms with Crippen LogP contribution in [0, 0.1) is 0 Å². The number of ether oxygens (including phenoxy) is 1. The Balaban J connectivity index is 2.22. The molecule has 1 unspecified atom stereocenters. The molecule has 0 bridgehead atoms. The molecule has 0 saturated carbocycles. The lowest BCUT2D eigenvalue weighted by molar-refractivity contribution is 0.138. The minimum absolute atomic E-state index is 0.430. The molecule has 0 saturated heterocycles. The lowest BCUT2D eigenvalue weighted by Gasteiger charge is -2.17. The van der Waals surface area contributed by atoms with Crippen molar-refractivity contribution in [3.05, 3.63) is 48.6 Å². The Kier molecular flexibility index (Phi) is 7.35. The number of rotatable bonds is 9. The van der Waals surface area contributed by atoms with E-state index in [1.807, 2.05) is 6.08 Å². The molecule has 1 atom stereocenters. The zero-order valence-corrected chi connectivity index (χ0v) is 10.7. The monoisotopic (exact) mass is 233 g/mol. The van der Waals surface area contributed by atoms with Crippen LogP contribution in [0.2, 0.25) is 0 Å². The summed E-state index contributed by atoms with van der Waals surface area (Å²) in [5, 5.41) is 3.51. The van der Waals surface area contributed by atoms with Gasteiger partial charge < -0.3 is 10.1 Å². The average molecular weight is 233 g/mol. The van der Waals surface area contributed by atoms with Crippen molar-refractivity contribution in [1.82, 2.24) is 5.32 Å². The standard InChI is InChI=1S/C15H23NO/c1-3-5-12-17-13-11-16-15(4-2)14-9-7-6-8-10-14/h3,6-10,15-16H,1,4-5,11-13H2,2H3. The predicted octanol–water partition coefficient (Wildman–Crippen LogP) is 3.32. The maximum Gasteiger partial charge on any atom is 0.0591 e. The molecule has 1 N–H and O–H groups in total. The van der Waals surface area contributed by atoms with Gasteiger partial charge in [0.2, 0.25) is 0 Å². The Bertz CT molecular complexity index is 297. The van der Waals surface area contributed by atoms with E-state index in [-0.39, 0.29) is 0 Å². The van der Waals surface area contributed by atoms with Crippen LogP contribution in [0.25, 0.3) is 0 Å². The number of benzene rings is 1. The molecule has 0 amide bonds. The molecular formula is C15H23NO. The number of hydrogen-bond acceptors (Lipinski definition) is 2. The van der Waals surface area contributed by atoms with Crippen LogP contribution in [-0.2, 0) is 4.74 Å². The van der Waals surface area contributed by atoms with E-state index in [0.29, 0.717) is 6.04 Å². The molecule has 17 heavy (non-hydrogen) atoms. The third kappa shape index (κ3) is 5.66. The highest BCUT2D eigenvalue weighted by molar-refractivity contribution is 5.18. The van der Waals surface area contributed by atoms with Gasteiger partial charge in [0, 0.05) is 12.6 Å². The van der Waals surface area contributed by atoms with Crippen molar-refractivity contribution in [3.63, 3.8) is 0 Å². The SMILES string of the molecule is C=CCCOCCNC(CC)c1ccccc1. The van der Waals surface area contributed by atoms with Crippen molar-refractivity contribution in [2.75, 3.05) is 19.8 Å². The smallest absolute Gasteiger partial charge is 0.0591 e. The molecule has 1 aromatic carbocycles. The van der Waals surface area contributed by atoms with Crippen molar-refractivity contribution >= 4 is 0 Å². The summed E-state index contributed by atoms with van der Waals surface area (Å²) in [4.78, 5) is 0.